The van der Waals surface area contributed by atoms with Crippen molar-refractivity contribution >= 4 is 0 Å². The number of aryl methyl sites for hydroxylation is 1. The van der Waals surface area contributed by atoms with Crippen molar-refractivity contribution < 1.29 is 9.13 Å². The third-order valence-electron chi connectivity index (χ3n) is 5.11. The fraction of sp³-hybridized carbons (Fsp3) is 0.560. The van der Waals surface area contributed by atoms with Crippen molar-refractivity contribution in [3.63, 3.8) is 0 Å². The van der Waals surface area contributed by atoms with Crippen LogP contribution in [0.5, 0.6) is 5.75 Å². The SMILES string of the molecule is CCCCCCc1ccc(-c2ccc(OCC(F)CCCCCC)cn2)cc1. The van der Waals surface area contributed by atoms with Gasteiger partial charge >= 0.3 is 0 Å². The highest BCUT2D eigenvalue weighted by molar-refractivity contribution is 5.59. The number of halogens is 1. The minimum absolute atomic E-state index is 0.111. The number of rotatable bonds is 14. The lowest BCUT2D eigenvalue weighted by Gasteiger charge is -2.11. The number of nitrogens with zero attached hydrogens (tertiary/aromatic N) is 1. The molecular weight excluding hydrogens is 349 g/mol. The van der Waals surface area contributed by atoms with Crippen LogP contribution >= 0.6 is 0 Å². The van der Waals surface area contributed by atoms with E-state index in [4.69, 9.17) is 4.74 Å². The molecule has 2 aromatic rings. The van der Waals surface area contributed by atoms with Gasteiger partial charge in [0.1, 0.15) is 18.5 Å². The Morgan fingerprint density at radius 1 is 0.857 bits per heavy atom. The molecule has 1 unspecified atom stereocenters. The van der Waals surface area contributed by atoms with Crippen LogP contribution < -0.4 is 4.74 Å². The van der Waals surface area contributed by atoms with Crippen LogP contribution in [0.1, 0.15) is 77.2 Å². The number of alkyl halides is 1. The van der Waals surface area contributed by atoms with Gasteiger partial charge in [0.15, 0.2) is 0 Å². The first kappa shape index (κ1) is 22.4. The Bertz CT molecular complexity index is 639. The minimum atomic E-state index is -0.901. The number of aromatic nitrogens is 1. The topological polar surface area (TPSA) is 22.1 Å². The number of pyridine rings is 1. The van der Waals surface area contributed by atoms with Crippen LogP contribution in [0.4, 0.5) is 4.39 Å². The summed E-state index contributed by atoms with van der Waals surface area (Å²) in [5.74, 6) is 0.632. The zero-order valence-corrected chi connectivity index (χ0v) is 17.6. The van der Waals surface area contributed by atoms with Crippen molar-refractivity contribution in [3.8, 4) is 17.0 Å². The highest BCUT2D eigenvalue weighted by atomic mass is 19.1. The lowest BCUT2D eigenvalue weighted by atomic mass is 10.0. The highest BCUT2D eigenvalue weighted by Crippen LogP contribution is 2.21. The zero-order chi connectivity index (χ0) is 20.0. The van der Waals surface area contributed by atoms with Crippen LogP contribution in [-0.2, 0) is 6.42 Å². The number of hydrogen-bond acceptors (Lipinski definition) is 2. The van der Waals surface area contributed by atoms with Crippen molar-refractivity contribution in [1.29, 1.82) is 0 Å². The predicted octanol–water partition coefficient (Wildman–Crippen LogP) is 7.56. The van der Waals surface area contributed by atoms with Crippen molar-refractivity contribution in [2.75, 3.05) is 6.61 Å². The average molecular weight is 386 g/mol. The van der Waals surface area contributed by atoms with E-state index in [1.165, 1.54) is 44.1 Å². The average Bonchev–Trinajstić information content (AvgIpc) is 2.74. The summed E-state index contributed by atoms with van der Waals surface area (Å²) in [6, 6.07) is 12.5. The third kappa shape index (κ3) is 8.41. The van der Waals surface area contributed by atoms with Gasteiger partial charge in [-0.1, -0.05) is 83.1 Å². The van der Waals surface area contributed by atoms with Gasteiger partial charge in [0.05, 0.1) is 11.9 Å². The fourth-order valence-electron chi connectivity index (χ4n) is 3.30. The highest BCUT2D eigenvalue weighted by Gasteiger charge is 2.08. The van der Waals surface area contributed by atoms with E-state index in [9.17, 15) is 4.39 Å². The van der Waals surface area contributed by atoms with Crippen LogP contribution in [0.25, 0.3) is 11.3 Å². The zero-order valence-electron chi connectivity index (χ0n) is 17.6. The summed E-state index contributed by atoms with van der Waals surface area (Å²) in [6.07, 6.45) is 12.1. The van der Waals surface area contributed by atoms with Gasteiger partial charge in [0, 0.05) is 5.56 Å². The molecule has 0 amide bonds. The summed E-state index contributed by atoms with van der Waals surface area (Å²) >= 11 is 0. The Balaban J connectivity index is 1.77. The monoisotopic (exact) mass is 385 g/mol. The van der Waals surface area contributed by atoms with Gasteiger partial charge in [0.25, 0.3) is 0 Å². The van der Waals surface area contributed by atoms with Crippen LogP contribution in [-0.4, -0.2) is 17.8 Å². The normalized spacial score (nSPS) is 12.1. The molecule has 0 aliphatic rings. The quantitative estimate of drug-likeness (QED) is 0.313. The molecule has 0 aliphatic heterocycles. The molecule has 28 heavy (non-hydrogen) atoms. The molecule has 1 aromatic heterocycles. The summed E-state index contributed by atoms with van der Waals surface area (Å²) in [5.41, 5.74) is 3.40. The maximum atomic E-state index is 13.9. The Morgan fingerprint density at radius 2 is 1.57 bits per heavy atom. The minimum Gasteiger partial charge on any atom is -0.489 e. The number of hydrogen-bond donors (Lipinski definition) is 0. The number of ether oxygens (including phenoxy) is 1. The second-order valence-electron chi connectivity index (χ2n) is 7.64. The van der Waals surface area contributed by atoms with Crippen molar-refractivity contribution in [3.05, 3.63) is 48.2 Å². The molecule has 0 bridgehead atoms. The van der Waals surface area contributed by atoms with E-state index in [1.54, 1.807) is 6.20 Å². The lowest BCUT2D eigenvalue weighted by molar-refractivity contribution is 0.183. The fourth-order valence-corrected chi connectivity index (χ4v) is 3.30. The first-order valence-electron chi connectivity index (χ1n) is 11.0. The van der Waals surface area contributed by atoms with Crippen LogP contribution in [0.15, 0.2) is 42.6 Å². The Morgan fingerprint density at radius 3 is 2.21 bits per heavy atom. The molecule has 0 N–H and O–H groups in total. The van der Waals surface area contributed by atoms with Crippen molar-refractivity contribution in [2.45, 2.75) is 84.2 Å². The Hall–Kier alpha value is -1.90. The molecule has 1 heterocycles. The molecule has 0 radical (unpaired) electrons. The van der Waals surface area contributed by atoms with Crippen molar-refractivity contribution in [2.24, 2.45) is 0 Å². The largest absolute Gasteiger partial charge is 0.489 e. The molecule has 1 aromatic carbocycles. The molecule has 2 rings (SSSR count). The molecule has 154 valence electrons. The summed E-state index contributed by atoms with van der Waals surface area (Å²) in [5, 5.41) is 0. The van der Waals surface area contributed by atoms with E-state index in [1.807, 2.05) is 12.1 Å². The first-order valence-corrected chi connectivity index (χ1v) is 11.0. The molecule has 0 aliphatic carbocycles. The maximum absolute atomic E-state index is 13.9. The van der Waals surface area contributed by atoms with Crippen LogP contribution in [0.3, 0.4) is 0 Å². The second-order valence-corrected chi connectivity index (χ2v) is 7.64. The lowest BCUT2D eigenvalue weighted by Crippen LogP contribution is -2.12. The van der Waals surface area contributed by atoms with Gasteiger partial charge in [-0.15, -0.1) is 0 Å². The second kappa shape index (κ2) is 13.3. The van der Waals surface area contributed by atoms with Gasteiger partial charge in [-0.25, -0.2) is 4.39 Å². The summed E-state index contributed by atoms with van der Waals surface area (Å²) < 4.78 is 19.4. The molecule has 0 saturated heterocycles. The van der Waals surface area contributed by atoms with Gasteiger partial charge < -0.3 is 4.74 Å². The van der Waals surface area contributed by atoms with Crippen LogP contribution in [0, 0.1) is 0 Å². The molecule has 3 heteroatoms. The van der Waals surface area contributed by atoms with E-state index < -0.39 is 6.17 Å². The van der Waals surface area contributed by atoms with E-state index in [-0.39, 0.29) is 6.61 Å². The van der Waals surface area contributed by atoms with E-state index in [0.717, 1.165) is 30.5 Å². The molecule has 2 nitrogen and oxygen atoms in total. The molecule has 0 saturated carbocycles. The molecule has 0 spiro atoms. The number of benzene rings is 1. The Labute approximate surface area is 170 Å². The van der Waals surface area contributed by atoms with Crippen LogP contribution in [0.2, 0.25) is 0 Å². The van der Waals surface area contributed by atoms with Gasteiger partial charge in [-0.05, 0) is 37.0 Å². The van der Waals surface area contributed by atoms with Gasteiger partial charge in [-0.3, -0.25) is 4.98 Å². The summed E-state index contributed by atoms with van der Waals surface area (Å²) in [4.78, 5) is 4.48. The van der Waals surface area contributed by atoms with Gasteiger partial charge in [-0.2, -0.15) is 0 Å². The molecular formula is C25H36FNO. The molecule has 1 atom stereocenters. The smallest absolute Gasteiger partial charge is 0.137 e. The third-order valence-corrected chi connectivity index (χ3v) is 5.11. The Kier molecular flexibility index (Phi) is 10.6. The van der Waals surface area contributed by atoms with E-state index in [0.29, 0.717) is 12.2 Å². The predicted molar refractivity (Wildman–Crippen MR) is 117 cm³/mol. The summed E-state index contributed by atoms with van der Waals surface area (Å²) in [6.45, 7) is 4.51. The number of unbranched alkanes of at least 4 members (excludes halogenated alkanes) is 6. The standard InChI is InChI=1S/C25H36FNO/c1-3-5-7-9-11-21-13-15-22(16-14-21)25-18-17-24(19-27-25)28-20-23(26)12-10-8-6-4-2/h13-19,23H,3-12,20H2,1-2H3. The van der Waals surface area contributed by atoms with E-state index >= 15 is 0 Å². The summed E-state index contributed by atoms with van der Waals surface area (Å²) in [7, 11) is 0. The van der Waals surface area contributed by atoms with Gasteiger partial charge in [0.2, 0.25) is 0 Å². The molecule has 0 fully saturated rings. The van der Waals surface area contributed by atoms with Crippen molar-refractivity contribution in [1.82, 2.24) is 4.98 Å². The van der Waals surface area contributed by atoms with E-state index in [2.05, 4.69) is 43.1 Å². The maximum Gasteiger partial charge on any atom is 0.137 e. The first-order chi connectivity index (χ1) is 13.7.